The first-order chi connectivity index (χ1) is 15.3. The molecule has 0 aromatic heterocycles. The minimum atomic E-state index is 0.0845. The third kappa shape index (κ3) is 10.0. The summed E-state index contributed by atoms with van der Waals surface area (Å²) in [4.78, 5) is 14.3. The normalized spacial score (nSPS) is 15.7. The van der Waals surface area contributed by atoms with E-state index in [-0.39, 0.29) is 5.91 Å². The van der Waals surface area contributed by atoms with Gasteiger partial charge in [0.1, 0.15) is 0 Å². The van der Waals surface area contributed by atoms with Crippen molar-refractivity contribution in [2.75, 3.05) is 13.6 Å². The molecule has 33 heavy (non-hydrogen) atoms. The highest BCUT2D eigenvalue weighted by Gasteiger charge is 2.15. The Morgan fingerprint density at radius 3 is 1.97 bits per heavy atom. The molecule has 0 bridgehead atoms. The molecule has 1 atom stereocenters. The maximum Gasteiger partial charge on any atom is 0.249 e. The van der Waals surface area contributed by atoms with E-state index in [4.69, 9.17) is 6.42 Å². The van der Waals surface area contributed by atoms with Gasteiger partial charge in [0, 0.05) is 24.7 Å². The molecule has 0 aromatic carbocycles. The Bertz CT molecular complexity index is 850. The van der Waals surface area contributed by atoms with Crippen LogP contribution in [-0.4, -0.2) is 24.4 Å². The minimum absolute atomic E-state index is 0.0845. The number of allylic oxidation sites excluding steroid dienone is 9. The van der Waals surface area contributed by atoms with E-state index < -0.39 is 0 Å². The van der Waals surface area contributed by atoms with E-state index in [0.29, 0.717) is 30.2 Å². The molecule has 2 heteroatoms. The third-order valence-corrected chi connectivity index (χ3v) is 6.46. The molecular weight excluding hydrogens is 402 g/mol. The van der Waals surface area contributed by atoms with Crippen molar-refractivity contribution in [3.05, 3.63) is 57.7 Å². The maximum atomic E-state index is 12.6. The summed E-state index contributed by atoms with van der Waals surface area (Å²) in [6.07, 6.45) is 15.5. The fourth-order valence-corrected chi connectivity index (χ4v) is 3.74. The van der Waals surface area contributed by atoms with Crippen molar-refractivity contribution in [2.24, 2.45) is 23.7 Å². The number of hydrogen-bond acceptors (Lipinski definition) is 1. The van der Waals surface area contributed by atoms with Crippen LogP contribution in [0.2, 0.25) is 0 Å². The number of rotatable bonds is 11. The Kier molecular flexibility index (Phi) is 13.8. The Hall–Kier alpha value is -2.27. The number of hydrogen-bond donors (Lipinski definition) is 0. The van der Waals surface area contributed by atoms with Crippen LogP contribution in [0, 0.1) is 36.0 Å². The molecule has 1 unspecified atom stereocenters. The van der Waals surface area contributed by atoms with Gasteiger partial charge in [-0.05, 0) is 74.5 Å². The van der Waals surface area contributed by atoms with E-state index in [2.05, 4.69) is 92.5 Å². The molecule has 0 N–H and O–H groups in total. The smallest absolute Gasteiger partial charge is 0.249 e. The van der Waals surface area contributed by atoms with E-state index in [1.807, 2.05) is 20.9 Å². The predicted octanol–water partition coefficient (Wildman–Crippen LogP) is 8.15. The number of likely N-dealkylation sites (N-methyl/N-ethyl adjacent to an activating group) is 1. The number of nitrogens with zero attached hydrogens (tertiary/aromatic N) is 1. The minimum Gasteiger partial charge on any atom is -0.342 e. The number of amides is 1. The van der Waals surface area contributed by atoms with Gasteiger partial charge < -0.3 is 4.90 Å². The summed E-state index contributed by atoms with van der Waals surface area (Å²) in [6, 6.07) is 0. The van der Waals surface area contributed by atoms with Gasteiger partial charge in [0.05, 0.1) is 0 Å². The molecule has 0 aliphatic heterocycles. The Morgan fingerprint density at radius 1 is 0.970 bits per heavy atom. The van der Waals surface area contributed by atoms with Gasteiger partial charge in [-0.3, -0.25) is 4.79 Å². The lowest BCUT2D eigenvalue weighted by Crippen LogP contribution is -2.27. The zero-order valence-electron chi connectivity index (χ0n) is 23.5. The molecule has 0 radical (unpaired) electrons. The Labute approximate surface area is 205 Å². The van der Waals surface area contributed by atoms with Crippen molar-refractivity contribution in [1.29, 1.82) is 0 Å². The SMILES string of the molecule is C#C/C(=C(C)\C(=C/C/C(C)=C/C=C(/C=C(\C)C(=O)N(C)CC)C(C)C(C)C)C(C)C)C(C)C. The van der Waals surface area contributed by atoms with Gasteiger partial charge in [-0.15, -0.1) is 6.42 Å². The fourth-order valence-electron chi connectivity index (χ4n) is 3.74. The molecule has 2 nitrogen and oxygen atoms in total. The second-order valence-corrected chi connectivity index (χ2v) is 10.2. The maximum absolute atomic E-state index is 12.6. The van der Waals surface area contributed by atoms with Crippen molar-refractivity contribution in [3.8, 4) is 12.3 Å². The fraction of sp³-hybridized carbons (Fsp3) is 0.581. The summed E-state index contributed by atoms with van der Waals surface area (Å²) in [5.41, 5.74) is 6.90. The Morgan fingerprint density at radius 2 is 1.55 bits per heavy atom. The second-order valence-electron chi connectivity index (χ2n) is 10.2. The highest BCUT2D eigenvalue weighted by Crippen LogP contribution is 2.27. The molecule has 184 valence electrons. The topological polar surface area (TPSA) is 20.3 Å². The summed E-state index contributed by atoms with van der Waals surface area (Å²) >= 11 is 0. The molecule has 0 heterocycles. The molecule has 0 aliphatic carbocycles. The predicted molar refractivity (Wildman–Crippen MR) is 147 cm³/mol. The first-order valence-electron chi connectivity index (χ1n) is 12.5. The van der Waals surface area contributed by atoms with E-state index in [1.54, 1.807) is 4.90 Å². The second kappa shape index (κ2) is 14.8. The van der Waals surface area contributed by atoms with E-state index >= 15 is 0 Å². The standard InChI is InChI=1S/C31H49NO/c1-14-29(22(5)6)27(12)30(23(7)8)19-17-24(9)16-18-28(26(11)21(3)4)20-25(10)31(33)32(13)15-2/h1,16,18-23,26H,15,17H2,2-13H3/b24-16+,25-20+,28-18-,29-27+,30-19-. The quantitative estimate of drug-likeness (QED) is 0.176. The lowest BCUT2D eigenvalue weighted by Gasteiger charge is -2.19. The van der Waals surface area contributed by atoms with Gasteiger partial charge in [0.15, 0.2) is 0 Å². The summed E-state index contributed by atoms with van der Waals surface area (Å²) in [5, 5.41) is 0. The van der Waals surface area contributed by atoms with Crippen LogP contribution in [0.1, 0.15) is 82.6 Å². The van der Waals surface area contributed by atoms with Gasteiger partial charge in [0.2, 0.25) is 5.91 Å². The van der Waals surface area contributed by atoms with E-state index in [9.17, 15) is 4.79 Å². The highest BCUT2D eigenvalue weighted by molar-refractivity contribution is 5.93. The van der Waals surface area contributed by atoms with Crippen LogP contribution < -0.4 is 0 Å². The van der Waals surface area contributed by atoms with Crippen molar-refractivity contribution in [2.45, 2.75) is 82.6 Å². The van der Waals surface area contributed by atoms with Crippen molar-refractivity contribution in [1.82, 2.24) is 4.90 Å². The van der Waals surface area contributed by atoms with Crippen molar-refractivity contribution in [3.63, 3.8) is 0 Å². The highest BCUT2D eigenvalue weighted by atomic mass is 16.2. The molecular formula is C31H49NO. The van der Waals surface area contributed by atoms with Gasteiger partial charge in [-0.2, -0.15) is 0 Å². The van der Waals surface area contributed by atoms with Crippen molar-refractivity contribution < 1.29 is 4.79 Å². The molecule has 0 spiro atoms. The number of carbonyl (C=O) groups excluding carboxylic acids is 1. The van der Waals surface area contributed by atoms with Crippen LogP contribution in [0.3, 0.4) is 0 Å². The number of terminal acetylenes is 1. The molecule has 0 saturated heterocycles. The largest absolute Gasteiger partial charge is 0.342 e. The van der Waals surface area contributed by atoms with E-state index in [0.717, 1.165) is 17.6 Å². The Balaban J connectivity index is 6.09. The van der Waals surface area contributed by atoms with Gasteiger partial charge in [-0.1, -0.05) is 84.3 Å². The van der Waals surface area contributed by atoms with Crippen LogP contribution in [0.15, 0.2) is 57.7 Å². The molecule has 0 saturated carbocycles. The summed E-state index contributed by atoms with van der Waals surface area (Å²) < 4.78 is 0. The summed E-state index contributed by atoms with van der Waals surface area (Å²) in [5.74, 6) is 4.61. The molecule has 0 rings (SSSR count). The average molecular weight is 452 g/mol. The van der Waals surface area contributed by atoms with Crippen LogP contribution in [0.5, 0.6) is 0 Å². The van der Waals surface area contributed by atoms with Crippen LogP contribution in [0.4, 0.5) is 0 Å². The van der Waals surface area contributed by atoms with E-state index in [1.165, 1.54) is 22.3 Å². The molecule has 0 fully saturated rings. The monoisotopic (exact) mass is 451 g/mol. The van der Waals surface area contributed by atoms with Crippen LogP contribution in [0.25, 0.3) is 0 Å². The van der Waals surface area contributed by atoms with Crippen molar-refractivity contribution >= 4 is 5.91 Å². The third-order valence-electron chi connectivity index (χ3n) is 6.46. The first kappa shape index (κ1) is 30.7. The first-order valence-corrected chi connectivity index (χ1v) is 12.5. The van der Waals surface area contributed by atoms with Crippen LogP contribution in [-0.2, 0) is 4.79 Å². The van der Waals surface area contributed by atoms with Gasteiger partial charge in [-0.25, -0.2) is 0 Å². The number of carbonyl (C=O) groups is 1. The lowest BCUT2D eigenvalue weighted by molar-refractivity contribution is -0.125. The van der Waals surface area contributed by atoms with Crippen LogP contribution >= 0.6 is 0 Å². The molecule has 0 aromatic rings. The average Bonchev–Trinajstić information content (AvgIpc) is 2.74. The zero-order valence-corrected chi connectivity index (χ0v) is 23.5. The summed E-state index contributed by atoms with van der Waals surface area (Å²) in [6.45, 7) is 24.4. The zero-order chi connectivity index (χ0) is 25.9. The lowest BCUT2D eigenvalue weighted by atomic mass is 9.87. The molecule has 1 amide bonds. The molecule has 0 aliphatic rings. The summed E-state index contributed by atoms with van der Waals surface area (Å²) in [7, 11) is 1.85. The van der Waals surface area contributed by atoms with Gasteiger partial charge >= 0.3 is 0 Å². The van der Waals surface area contributed by atoms with Gasteiger partial charge in [0.25, 0.3) is 0 Å².